The average molecular weight is 344 g/mol. The lowest BCUT2D eigenvalue weighted by atomic mass is 9.94. The van der Waals surface area contributed by atoms with Crippen LogP contribution in [0.15, 0.2) is 42.8 Å². The summed E-state index contributed by atoms with van der Waals surface area (Å²) >= 11 is 0. The Labute approximate surface area is 152 Å². The molecular weight excluding hydrogens is 312 g/mol. The quantitative estimate of drug-likeness (QED) is 0.716. The molecule has 0 aliphatic carbocycles. The van der Waals surface area contributed by atoms with Gasteiger partial charge in [0.2, 0.25) is 5.91 Å². The van der Waals surface area contributed by atoms with Crippen LogP contribution in [0.3, 0.4) is 0 Å². The van der Waals surface area contributed by atoms with E-state index >= 15 is 0 Å². The van der Waals surface area contributed by atoms with Crippen LogP contribution in [0.5, 0.6) is 0 Å². The highest BCUT2D eigenvalue weighted by molar-refractivity contribution is 5.93. The number of amides is 1. The second-order valence-corrected chi connectivity index (χ2v) is 7.74. The van der Waals surface area contributed by atoms with Crippen LogP contribution in [-0.2, 0) is 9.53 Å². The summed E-state index contributed by atoms with van der Waals surface area (Å²) in [5.74, 6) is 1.27. The summed E-state index contributed by atoms with van der Waals surface area (Å²) in [5.41, 5.74) is 0.731. The van der Waals surface area contributed by atoms with Crippen molar-refractivity contribution in [2.24, 2.45) is 5.92 Å². The molecule has 0 N–H and O–H groups in total. The van der Waals surface area contributed by atoms with E-state index in [0.29, 0.717) is 18.9 Å². The molecule has 1 atom stereocenters. The minimum Gasteiger partial charge on any atom is -0.474 e. The van der Waals surface area contributed by atoms with Crippen molar-refractivity contribution in [2.45, 2.75) is 52.6 Å². The SMILES string of the molecule is C=C(OC(C)(C)C)N1CCCC(CC(=O)N(CC)c2ccccc2)C1. The number of likely N-dealkylation sites (tertiary alicyclic amines) is 1. The maximum absolute atomic E-state index is 12.8. The number of carbonyl (C=O) groups is 1. The lowest BCUT2D eigenvalue weighted by molar-refractivity contribution is -0.120. The summed E-state index contributed by atoms with van der Waals surface area (Å²) in [4.78, 5) is 16.9. The van der Waals surface area contributed by atoms with Gasteiger partial charge in [-0.25, -0.2) is 0 Å². The minimum atomic E-state index is -0.244. The standard InChI is InChI=1S/C21H32N2O2/c1-6-23(19-12-8-7-9-13-19)20(24)15-18-11-10-14-22(16-18)17(2)25-21(3,4)5/h7-9,12-13,18H,2,6,10-11,14-16H2,1,3-5H3. The maximum atomic E-state index is 12.8. The normalized spacial score (nSPS) is 17.9. The Morgan fingerprint density at radius 3 is 2.60 bits per heavy atom. The molecule has 1 aliphatic rings. The zero-order chi connectivity index (χ0) is 18.4. The maximum Gasteiger partial charge on any atom is 0.227 e. The lowest BCUT2D eigenvalue weighted by Crippen LogP contribution is -2.40. The van der Waals surface area contributed by atoms with Crippen molar-refractivity contribution in [3.05, 3.63) is 42.8 Å². The number of para-hydroxylation sites is 1. The number of piperidine rings is 1. The number of benzene rings is 1. The van der Waals surface area contributed by atoms with Crippen LogP contribution in [0, 0.1) is 5.92 Å². The van der Waals surface area contributed by atoms with E-state index < -0.39 is 0 Å². The van der Waals surface area contributed by atoms with Crippen molar-refractivity contribution in [3.63, 3.8) is 0 Å². The van der Waals surface area contributed by atoms with Gasteiger partial charge >= 0.3 is 0 Å². The zero-order valence-corrected chi connectivity index (χ0v) is 16.1. The first kappa shape index (κ1) is 19.4. The van der Waals surface area contributed by atoms with Crippen LogP contribution in [-0.4, -0.2) is 36.0 Å². The number of nitrogens with zero attached hydrogens (tertiary/aromatic N) is 2. The van der Waals surface area contributed by atoms with Crippen molar-refractivity contribution in [2.75, 3.05) is 24.5 Å². The summed E-state index contributed by atoms with van der Waals surface area (Å²) in [6.45, 7) is 14.7. The molecule has 0 radical (unpaired) electrons. The van der Waals surface area contributed by atoms with Gasteiger partial charge in [0.05, 0.1) is 0 Å². The Bertz CT molecular complexity index is 577. The molecule has 1 amide bonds. The Morgan fingerprint density at radius 2 is 2.00 bits per heavy atom. The highest BCUT2D eigenvalue weighted by atomic mass is 16.5. The Kier molecular flexibility index (Phi) is 6.51. The molecule has 1 fully saturated rings. The van der Waals surface area contributed by atoms with Crippen molar-refractivity contribution in [3.8, 4) is 0 Å². The first-order chi connectivity index (χ1) is 11.8. The van der Waals surface area contributed by atoms with E-state index in [9.17, 15) is 4.79 Å². The Hall–Kier alpha value is -1.97. The van der Waals surface area contributed by atoms with Gasteiger partial charge in [0.15, 0.2) is 5.88 Å². The molecule has 4 heteroatoms. The predicted octanol–water partition coefficient (Wildman–Crippen LogP) is 4.43. The lowest BCUT2D eigenvalue weighted by Gasteiger charge is -2.37. The molecule has 0 aromatic heterocycles. The number of anilines is 1. The van der Waals surface area contributed by atoms with E-state index in [2.05, 4.69) is 11.5 Å². The molecule has 1 heterocycles. The predicted molar refractivity (Wildman–Crippen MR) is 103 cm³/mol. The smallest absolute Gasteiger partial charge is 0.227 e. The first-order valence-corrected chi connectivity index (χ1v) is 9.28. The van der Waals surface area contributed by atoms with Gasteiger partial charge in [-0.1, -0.05) is 18.2 Å². The van der Waals surface area contributed by atoms with Gasteiger partial charge in [-0.15, -0.1) is 0 Å². The number of hydrogen-bond acceptors (Lipinski definition) is 3. The average Bonchev–Trinajstić information content (AvgIpc) is 2.55. The molecule has 138 valence electrons. The molecule has 1 aromatic rings. The number of ether oxygens (including phenoxy) is 1. The third-order valence-corrected chi connectivity index (χ3v) is 4.44. The van der Waals surface area contributed by atoms with Gasteiger partial charge in [-0.2, -0.15) is 0 Å². The van der Waals surface area contributed by atoms with E-state index in [0.717, 1.165) is 37.5 Å². The molecule has 4 nitrogen and oxygen atoms in total. The molecule has 1 aliphatic heterocycles. The molecule has 1 saturated heterocycles. The molecule has 0 bridgehead atoms. The summed E-state index contributed by atoms with van der Waals surface area (Å²) in [6, 6.07) is 9.91. The largest absolute Gasteiger partial charge is 0.474 e. The second-order valence-electron chi connectivity index (χ2n) is 7.74. The van der Waals surface area contributed by atoms with Gasteiger partial charge in [0, 0.05) is 31.7 Å². The van der Waals surface area contributed by atoms with E-state index in [-0.39, 0.29) is 11.5 Å². The van der Waals surface area contributed by atoms with Crippen LogP contribution in [0.25, 0.3) is 0 Å². The third-order valence-electron chi connectivity index (χ3n) is 4.44. The number of hydrogen-bond donors (Lipinski definition) is 0. The Balaban J connectivity index is 1.95. The third kappa shape index (κ3) is 5.80. The van der Waals surface area contributed by atoms with Gasteiger partial charge in [0.25, 0.3) is 0 Å². The van der Waals surface area contributed by atoms with Gasteiger partial charge < -0.3 is 14.5 Å². The van der Waals surface area contributed by atoms with E-state index in [1.54, 1.807) is 0 Å². The fraction of sp³-hybridized carbons (Fsp3) is 0.571. The second kappa shape index (κ2) is 8.41. The summed E-state index contributed by atoms with van der Waals surface area (Å²) in [5, 5.41) is 0. The van der Waals surface area contributed by atoms with Crippen LogP contribution < -0.4 is 4.90 Å². The highest BCUT2D eigenvalue weighted by Crippen LogP contribution is 2.26. The first-order valence-electron chi connectivity index (χ1n) is 9.28. The molecule has 0 spiro atoms. The Morgan fingerprint density at radius 1 is 1.32 bits per heavy atom. The zero-order valence-electron chi connectivity index (χ0n) is 16.1. The van der Waals surface area contributed by atoms with Gasteiger partial charge in [-0.3, -0.25) is 4.79 Å². The summed E-state index contributed by atoms with van der Waals surface area (Å²) < 4.78 is 5.90. The minimum absolute atomic E-state index is 0.197. The molecule has 1 unspecified atom stereocenters. The van der Waals surface area contributed by atoms with E-state index in [1.165, 1.54) is 0 Å². The number of carbonyl (C=O) groups excluding carboxylic acids is 1. The topological polar surface area (TPSA) is 32.8 Å². The molecule has 2 rings (SSSR count). The summed E-state index contributed by atoms with van der Waals surface area (Å²) in [6.07, 6.45) is 2.72. The summed E-state index contributed by atoms with van der Waals surface area (Å²) in [7, 11) is 0. The van der Waals surface area contributed by atoms with Crippen molar-refractivity contribution >= 4 is 11.6 Å². The van der Waals surface area contributed by atoms with Crippen LogP contribution >= 0.6 is 0 Å². The molecule has 25 heavy (non-hydrogen) atoms. The van der Waals surface area contributed by atoms with Gasteiger partial charge in [0.1, 0.15) is 5.60 Å². The monoisotopic (exact) mass is 344 g/mol. The molecular formula is C21H32N2O2. The van der Waals surface area contributed by atoms with E-state index in [1.807, 2.05) is 62.9 Å². The van der Waals surface area contributed by atoms with Gasteiger partial charge in [-0.05, 0) is 65.2 Å². The van der Waals surface area contributed by atoms with Crippen LogP contribution in [0.1, 0.15) is 47.0 Å². The highest BCUT2D eigenvalue weighted by Gasteiger charge is 2.27. The van der Waals surface area contributed by atoms with Crippen molar-refractivity contribution in [1.29, 1.82) is 0 Å². The van der Waals surface area contributed by atoms with E-state index in [4.69, 9.17) is 4.74 Å². The van der Waals surface area contributed by atoms with Crippen molar-refractivity contribution < 1.29 is 9.53 Å². The fourth-order valence-electron chi connectivity index (χ4n) is 3.34. The fourth-order valence-corrected chi connectivity index (χ4v) is 3.34. The van der Waals surface area contributed by atoms with Crippen molar-refractivity contribution in [1.82, 2.24) is 4.90 Å². The van der Waals surface area contributed by atoms with Crippen LogP contribution in [0.2, 0.25) is 0 Å². The molecule has 0 saturated carbocycles. The van der Waals surface area contributed by atoms with Crippen LogP contribution in [0.4, 0.5) is 5.69 Å². The molecule has 1 aromatic carbocycles. The number of rotatable bonds is 6.